The quantitative estimate of drug-likeness (QED) is 0.178. The lowest BCUT2D eigenvalue weighted by Gasteiger charge is -2.33. The smallest absolute Gasteiger partial charge is 0.263 e. The number of fused-ring (bicyclic) bond motifs is 1. The van der Waals surface area contributed by atoms with Gasteiger partial charge >= 0.3 is 0 Å². The number of amides is 2. The van der Waals surface area contributed by atoms with Crippen LogP contribution in [0.5, 0.6) is 11.5 Å². The SMILES string of the molecule is COc1cccc(OC)c1C(=O)Nc1cccc(SC(C(=O)Nc2sc3c(c2C#N)CCC(C(C)(C)C)C3)c2ccccc2)c1. The van der Waals surface area contributed by atoms with Crippen molar-refractivity contribution in [2.24, 2.45) is 11.3 Å². The number of nitrogens with one attached hydrogen (secondary N) is 2. The molecule has 0 saturated carbocycles. The molecule has 5 rings (SSSR count). The van der Waals surface area contributed by atoms with Gasteiger partial charge in [0, 0.05) is 15.5 Å². The van der Waals surface area contributed by atoms with E-state index in [1.54, 1.807) is 24.3 Å². The number of anilines is 2. The normalized spacial score (nSPS) is 14.9. The topological polar surface area (TPSA) is 100 Å². The van der Waals surface area contributed by atoms with Gasteiger partial charge in [0.2, 0.25) is 5.91 Å². The molecular weight excluding hydrogens is 603 g/mol. The molecule has 0 aliphatic heterocycles. The molecule has 3 aromatic carbocycles. The van der Waals surface area contributed by atoms with Crippen LogP contribution in [0.25, 0.3) is 0 Å². The number of rotatable bonds is 9. The number of nitriles is 1. The van der Waals surface area contributed by atoms with Gasteiger partial charge in [-0.15, -0.1) is 23.1 Å². The molecule has 0 fully saturated rings. The van der Waals surface area contributed by atoms with E-state index in [2.05, 4.69) is 37.5 Å². The minimum Gasteiger partial charge on any atom is -0.496 e. The van der Waals surface area contributed by atoms with E-state index in [1.165, 1.54) is 42.2 Å². The molecule has 232 valence electrons. The molecule has 0 spiro atoms. The minimum absolute atomic E-state index is 0.181. The summed E-state index contributed by atoms with van der Waals surface area (Å²) in [5.74, 6) is 0.756. The van der Waals surface area contributed by atoms with Gasteiger partial charge in [-0.1, -0.05) is 63.2 Å². The van der Waals surface area contributed by atoms with Crippen molar-refractivity contribution in [3.05, 3.63) is 99.9 Å². The van der Waals surface area contributed by atoms with Crippen molar-refractivity contribution in [1.29, 1.82) is 5.26 Å². The van der Waals surface area contributed by atoms with Crippen molar-refractivity contribution < 1.29 is 19.1 Å². The first kappa shape index (κ1) is 32.1. The number of benzene rings is 3. The number of nitrogens with zero attached hydrogens (tertiary/aromatic N) is 1. The summed E-state index contributed by atoms with van der Waals surface area (Å²) in [5, 5.41) is 16.2. The molecule has 2 amide bonds. The van der Waals surface area contributed by atoms with Crippen molar-refractivity contribution in [3.63, 3.8) is 0 Å². The first-order chi connectivity index (χ1) is 21.6. The number of hydrogen-bond acceptors (Lipinski definition) is 7. The summed E-state index contributed by atoms with van der Waals surface area (Å²) in [5.41, 5.74) is 3.54. The Kier molecular flexibility index (Phi) is 9.86. The second-order valence-electron chi connectivity index (χ2n) is 12.0. The zero-order valence-corrected chi connectivity index (χ0v) is 27.7. The van der Waals surface area contributed by atoms with Crippen molar-refractivity contribution in [3.8, 4) is 17.6 Å². The van der Waals surface area contributed by atoms with Crippen LogP contribution in [0.4, 0.5) is 10.7 Å². The third-order valence-corrected chi connectivity index (χ3v) is 10.6. The van der Waals surface area contributed by atoms with Gasteiger partial charge in [0.1, 0.15) is 33.4 Å². The van der Waals surface area contributed by atoms with E-state index in [-0.39, 0.29) is 17.2 Å². The second kappa shape index (κ2) is 13.8. The molecule has 0 bridgehead atoms. The zero-order valence-electron chi connectivity index (χ0n) is 26.1. The predicted molar refractivity (Wildman–Crippen MR) is 182 cm³/mol. The zero-order chi connectivity index (χ0) is 32.1. The number of carbonyl (C=O) groups excluding carboxylic acids is 2. The Morgan fingerprint density at radius 2 is 1.67 bits per heavy atom. The highest BCUT2D eigenvalue weighted by Crippen LogP contribution is 2.45. The van der Waals surface area contributed by atoms with Crippen LogP contribution in [0.2, 0.25) is 0 Å². The molecule has 2 N–H and O–H groups in total. The molecule has 2 unspecified atom stereocenters. The van der Waals surface area contributed by atoms with Gasteiger partial charge in [-0.2, -0.15) is 5.26 Å². The van der Waals surface area contributed by atoms with Crippen molar-refractivity contribution in [1.82, 2.24) is 0 Å². The van der Waals surface area contributed by atoms with Crippen molar-refractivity contribution in [2.45, 2.75) is 50.2 Å². The third kappa shape index (κ3) is 7.19. The van der Waals surface area contributed by atoms with E-state index in [9.17, 15) is 14.9 Å². The van der Waals surface area contributed by atoms with E-state index in [0.717, 1.165) is 35.3 Å². The molecule has 1 aromatic heterocycles. The first-order valence-electron chi connectivity index (χ1n) is 14.8. The molecule has 45 heavy (non-hydrogen) atoms. The third-order valence-electron chi connectivity index (χ3n) is 8.18. The monoisotopic (exact) mass is 639 g/mol. The Bertz CT molecular complexity index is 1720. The molecule has 0 saturated heterocycles. The van der Waals surface area contributed by atoms with Crippen LogP contribution in [0.3, 0.4) is 0 Å². The van der Waals surface area contributed by atoms with E-state index < -0.39 is 5.25 Å². The molecule has 0 radical (unpaired) electrons. The Hall–Kier alpha value is -4.26. The molecule has 7 nitrogen and oxygen atoms in total. The fraction of sp³-hybridized carbons (Fsp3) is 0.306. The first-order valence-corrected chi connectivity index (χ1v) is 16.5. The van der Waals surface area contributed by atoms with E-state index in [1.807, 2.05) is 48.5 Å². The summed E-state index contributed by atoms with van der Waals surface area (Å²) in [6.45, 7) is 6.80. The standard InChI is InChI=1S/C36H37N3O4S2/c1-36(2,3)23-17-18-26-27(21-37)35(45-30(26)19-23)39-34(41)32(22-11-7-6-8-12-22)44-25-14-9-13-24(20-25)38-33(40)31-28(42-4)15-10-16-29(31)43-5/h6-16,20,23,32H,17-19H2,1-5H3,(H,38,40)(H,39,41). The Balaban J connectivity index is 1.39. The fourth-order valence-corrected chi connectivity index (χ4v) is 8.03. The number of methoxy groups -OCH3 is 2. The molecule has 1 aliphatic rings. The summed E-state index contributed by atoms with van der Waals surface area (Å²) < 4.78 is 10.8. The van der Waals surface area contributed by atoms with Crippen LogP contribution in [-0.4, -0.2) is 26.0 Å². The molecule has 4 aromatic rings. The molecular formula is C36H37N3O4S2. The van der Waals surface area contributed by atoms with Gasteiger partial charge in [-0.25, -0.2) is 0 Å². The number of thioether (sulfide) groups is 1. The van der Waals surface area contributed by atoms with Gasteiger partial charge in [-0.3, -0.25) is 9.59 Å². The molecule has 1 heterocycles. The highest BCUT2D eigenvalue weighted by molar-refractivity contribution is 8.00. The summed E-state index contributed by atoms with van der Waals surface area (Å²) in [6, 6.07) is 24.5. The molecule has 9 heteroatoms. The maximum absolute atomic E-state index is 14.0. The maximum Gasteiger partial charge on any atom is 0.263 e. The van der Waals surface area contributed by atoms with Gasteiger partial charge in [0.25, 0.3) is 5.91 Å². The highest BCUT2D eigenvalue weighted by atomic mass is 32.2. The van der Waals surface area contributed by atoms with Gasteiger partial charge in [-0.05, 0) is 72.1 Å². The largest absolute Gasteiger partial charge is 0.496 e. The van der Waals surface area contributed by atoms with Crippen LogP contribution < -0.4 is 20.1 Å². The van der Waals surface area contributed by atoms with E-state index in [0.29, 0.717) is 39.2 Å². The summed E-state index contributed by atoms with van der Waals surface area (Å²) in [7, 11) is 3.01. The number of thiophene rings is 1. The van der Waals surface area contributed by atoms with Crippen LogP contribution in [0.1, 0.15) is 64.4 Å². The molecule has 1 aliphatic carbocycles. The predicted octanol–water partition coefficient (Wildman–Crippen LogP) is 8.51. The van der Waals surface area contributed by atoms with Crippen LogP contribution in [-0.2, 0) is 17.6 Å². The second-order valence-corrected chi connectivity index (χ2v) is 14.3. The van der Waals surface area contributed by atoms with Gasteiger partial charge in [0.05, 0.1) is 19.8 Å². The number of ether oxygens (including phenoxy) is 2. The lowest BCUT2D eigenvalue weighted by Crippen LogP contribution is -2.26. The summed E-state index contributed by atoms with van der Waals surface area (Å²) in [4.78, 5) is 29.3. The average Bonchev–Trinajstić information content (AvgIpc) is 3.39. The maximum atomic E-state index is 14.0. The van der Waals surface area contributed by atoms with Crippen molar-refractivity contribution in [2.75, 3.05) is 24.9 Å². The average molecular weight is 640 g/mol. The highest BCUT2D eigenvalue weighted by Gasteiger charge is 2.33. The summed E-state index contributed by atoms with van der Waals surface area (Å²) in [6.07, 6.45) is 2.81. The van der Waals surface area contributed by atoms with Crippen LogP contribution >= 0.6 is 23.1 Å². The van der Waals surface area contributed by atoms with E-state index >= 15 is 0 Å². The lowest BCUT2D eigenvalue weighted by molar-refractivity contribution is -0.115. The minimum atomic E-state index is -0.598. The summed E-state index contributed by atoms with van der Waals surface area (Å²) >= 11 is 2.92. The Morgan fingerprint density at radius 1 is 0.978 bits per heavy atom. The number of hydrogen-bond donors (Lipinski definition) is 2. The van der Waals surface area contributed by atoms with Crippen LogP contribution in [0.15, 0.2) is 77.7 Å². The lowest BCUT2D eigenvalue weighted by atomic mass is 9.72. The Labute approximate surface area is 273 Å². The van der Waals surface area contributed by atoms with E-state index in [4.69, 9.17) is 9.47 Å². The number of carbonyl (C=O) groups is 2. The van der Waals surface area contributed by atoms with Crippen LogP contribution in [0, 0.1) is 22.7 Å². The van der Waals surface area contributed by atoms with Crippen molar-refractivity contribution >= 4 is 45.6 Å². The van der Waals surface area contributed by atoms with Gasteiger partial charge in [0.15, 0.2) is 0 Å². The Morgan fingerprint density at radius 3 is 2.31 bits per heavy atom. The fourth-order valence-electron chi connectivity index (χ4n) is 5.66. The molecule has 2 atom stereocenters. The van der Waals surface area contributed by atoms with Gasteiger partial charge < -0.3 is 20.1 Å².